The van der Waals surface area contributed by atoms with Crippen LogP contribution in [0.4, 0.5) is 0 Å². The number of benzene rings is 3. The normalized spacial score (nSPS) is 17.4. The topological polar surface area (TPSA) is 87.1 Å². The summed E-state index contributed by atoms with van der Waals surface area (Å²) in [4.78, 5) is 27.6. The zero-order valence-electron chi connectivity index (χ0n) is 18.3. The molecule has 168 valence electrons. The second kappa shape index (κ2) is 9.61. The van der Waals surface area contributed by atoms with Gasteiger partial charge in [0.15, 0.2) is 0 Å². The number of hydrogen-bond donors (Lipinski definition) is 2. The predicted molar refractivity (Wildman–Crippen MR) is 125 cm³/mol. The molecule has 2 N–H and O–H groups in total. The summed E-state index contributed by atoms with van der Waals surface area (Å²) in [6.07, 6.45) is 0.548. The second-order valence-corrected chi connectivity index (χ2v) is 7.78. The van der Waals surface area contributed by atoms with Crippen LogP contribution in [-0.2, 0) is 16.0 Å². The first kappa shape index (κ1) is 22.1. The van der Waals surface area contributed by atoms with Gasteiger partial charge in [-0.15, -0.1) is 0 Å². The number of ether oxygens (including phenoxy) is 1. The molecule has 0 aromatic heterocycles. The van der Waals surface area contributed by atoms with Crippen molar-refractivity contribution in [3.05, 3.63) is 101 Å². The smallest absolute Gasteiger partial charge is 0.295 e. The Morgan fingerprint density at radius 3 is 2.36 bits per heavy atom. The highest BCUT2D eigenvalue weighted by Crippen LogP contribution is 2.40. The highest BCUT2D eigenvalue weighted by molar-refractivity contribution is 6.46. The van der Waals surface area contributed by atoms with Gasteiger partial charge in [-0.25, -0.2) is 0 Å². The zero-order valence-corrected chi connectivity index (χ0v) is 18.3. The van der Waals surface area contributed by atoms with Crippen molar-refractivity contribution in [1.29, 1.82) is 0 Å². The molecule has 1 aliphatic heterocycles. The summed E-state index contributed by atoms with van der Waals surface area (Å²) in [5, 5.41) is 21.2. The minimum Gasteiger partial charge on any atom is -0.508 e. The molecule has 6 heteroatoms. The largest absolute Gasteiger partial charge is 0.508 e. The minimum absolute atomic E-state index is 0.00261. The third-order valence-electron chi connectivity index (χ3n) is 5.65. The first-order chi connectivity index (χ1) is 16.0. The molecule has 0 saturated carbocycles. The van der Waals surface area contributed by atoms with E-state index in [9.17, 15) is 19.8 Å². The molecular weight excluding hydrogens is 418 g/mol. The van der Waals surface area contributed by atoms with Crippen LogP contribution in [0.2, 0.25) is 0 Å². The minimum atomic E-state index is -0.813. The standard InChI is InChI=1S/C27H25NO5/c1-2-33-22-13-11-19(12-14-22)25(30)23-24(20-9-6-10-21(29)17-20)28(27(32)26(23)31)16-15-18-7-4-3-5-8-18/h3-14,17,24,29-30H,2,15-16H2,1H3/b25-23+. The lowest BCUT2D eigenvalue weighted by atomic mass is 9.95. The number of aliphatic hydroxyl groups is 1. The average Bonchev–Trinajstić information content (AvgIpc) is 3.08. The molecule has 0 radical (unpaired) electrons. The van der Waals surface area contributed by atoms with Crippen LogP contribution < -0.4 is 4.74 Å². The molecule has 33 heavy (non-hydrogen) atoms. The monoisotopic (exact) mass is 443 g/mol. The summed E-state index contributed by atoms with van der Waals surface area (Å²) in [5.74, 6) is -1.02. The van der Waals surface area contributed by atoms with Crippen molar-refractivity contribution in [1.82, 2.24) is 4.90 Å². The summed E-state index contributed by atoms with van der Waals surface area (Å²) in [6.45, 7) is 2.67. The Morgan fingerprint density at radius 1 is 0.970 bits per heavy atom. The number of aromatic hydroxyl groups is 1. The van der Waals surface area contributed by atoms with E-state index in [0.717, 1.165) is 5.56 Å². The summed E-state index contributed by atoms with van der Waals surface area (Å²) < 4.78 is 5.44. The van der Waals surface area contributed by atoms with Crippen LogP contribution >= 0.6 is 0 Å². The molecule has 0 spiro atoms. The van der Waals surface area contributed by atoms with Gasteiger partial charge in [0.2, 0.25) is 0 Å². The van der Waals surface area contributed by atoms with E-state index < -0.39 is 17.7 Å². The first-order valence-corrected chi connectivity index (χ1v) is 10.8. The van der Waals surface area contributed by atoms with Gasteiger partial charge < -0.3 is 19.8 Å². The van der Waals surface area contributed by atoms with Gasteiger partial charge in [-0.05, 0) is 60.9 Å². The van der Waals surface area contributed by atoms with Crippen molar-refractivity contribution in [3.8, 4) is 11.5 Å². The van der Waals surface area contributed by atoms with Crippen molar-refractivity contribution >= 4 is 17.4 Å². The Hall–Kier alpha value is -4.06. The third-order valence-corrected chi connectivity index (χ3v) is 5.65. The van der Waals surface area contributed by atoms with Gasteiger partial charge in [-0.3, -0.25) is 9.59 Å². The van der Waals surface area contributed by atoms with E-state index in [0.29, 0.717) is 29.9 Å². The quantitative estimate of drug-likeness (QED) is 0.320. The number of phenols is 1. The van der Waals surface area contributed by atoms with Crippen LogP contribution in [-0.4, -0.2) is 40.0 Å². The lowest BCUT2D eigenvalue weighted by Gasteiger charge is -2.25. The molecule has 1 aliphatic rings. The molecule has 4 rings (SSSR count). The molecule has 0 aliphatic carbocycles. The number of Topliss-reactive ketones (excluding diaryl/α,β-unsaturated/α-hetero) is 1. The number of likely N-dealkylation sites (tertiary alicyclic amines) is 1. The van der Waals surface area contributed by atoms with E-state index in [1.165, 1.54) is 17.0 Å². The van der Waals surface area contributed by atoms with E-state index in [1.807, 2.05) is 37.3 Å². The average molecular weight is 443 g/mol. The van der Waals surface area contributed by atoms with Crippen LogP contribution in [0.3, 0.4) is 0 Å². The molecule has 6 nitrogen and oxygen atoms in total. The van der Waals surface area contributed by atoms with Crippen LogP contribution in [0.15, 0.2) is 84.4 Å². The van der Waals surface area contributed by atoms with Crippen molar-refractivity contribution < 1.29 is 24.5 Å². The van der Waals surface area contributed by atoms with Crippen LogP contribution in [0, 0.1) is 0 Å². The maximum Gasteiger partial charge on any atom is 0.295 e. The maximum absolute atomic E-state index is 13.1. The molecule has 0 bridgehead atoms. The number of carbonyl (C=O) groups is 2. The number of ketones is 1. The van der Waals surface area contributed by atoms with E-state index in [1.54, 1.807) is 36.4 Å². The van der Waals surface area contributed by atoms with Crippen LogP contribution in [0.5, 0.6) is 11.5 Å². The summed E-state index contributed by atoms with van der Waals surface area (Å²) in [5.41, 5.74) is 1.99. The SMILES string of the molecule is CCOc1ccc(/C(O)=C2\C(=O)C(=O)N(CCc3ccccc3)C2c2cccc(O)c2)cc1. The predicted octanol–water partition coefficient (Wildman–Crippen LogP) is 4.46. The number of nitrogens with zero attached hydrogens (tertiary/aromatic N) is 1. The molecule has 3 aromatic carbocycles. The van der Waals surface area contributed by atoms with Gasteiger partial charge in [-0.1, -0.05) is 42.5 Å². The highest BCUT2D eigenvalue weighted by atomic mass is 16.5. The number of amides is 1. The van der Waals surface area contributed by atoms with Crippen molar-refractivity contribution in [2.75, 3.05) is 13.2 Å². The Kier molecular flexibility index (Phi) is 6.45. The highest BCUT2D eigenvalue weighted by Gasteiger charge is 2.45. The van der Waals surface area contributed by atoms with E-state index in [2.05, 4.69) is 0 Å². The van der Waals surface area contributed by atoms with Gasteiger partial charge in [0, 0.05) is 12.1 Å². The van der Waals surface area contributed by atoms with E-state index >= 15 is 0 Å². The molecule has 1 saturated heterocycles. The van der Waals surface area contributed by atoms with E-state index in [4.69, 9.17) is 4.74 Å². The van der Waals surface area contributed by atoms with Gasteiger partial charge in [-0.2, -0.15) is 0 Å². The van der Waals surface area contributed by atoms with Crippen LogP contribution in [0.1, 0.15) is 29.7 Å². The summed E-state index contributed by atoms with van der Waals surface area (Å²) in [6, 6.07) is 22.0. The fourth-order valence-corrected chi connectivity index (χ4v) is 4.08. The van der Waals surface area contributed by atoms with Crippen LogP contribution in [0.25, 0.3) is 5.76 Å². The Morgan fingerprint density at radius 2 is 1.70 bits per heavy atom. The van der Waals surface area contributed by atoms with Crippen molar-refractivity contribution in [3.63, 3.8) is 0 Å². The molecule has 1 amide bonds. The van der Waals surface area contributed by atoms with Gasteiger partial charge >= 0.3 is 0 Å². The number of aliphatic hydroxyl groups excluding tert-OH is 1. The number of hydrogen-bond acceptors (Lipinski definition) is 5. The first-order valence-electron chi connectivity index (χ1n) is 10.8. The molecular formula is C27H25NO5. The molecule has 3 aromatic rings. The van der Waals surface area contributed by atoms with Gasteiger partial charge in [0.05, 0.1) is 18.2 Å². The molecule has 1 fully saturated rings. The third kappa shape index (κ3) is 4.60. The zero-order chi connectivity index (χ0) is 23.4. The van der Waals surface area contributed by atoms with E-state index in [-0.39, 0.29) is 23.6 Å². The lowest BCUT2D eigenvalue weighted by molar-refractivity contribution is -0.139. The fraction of sp³-hybridized carbons (Fsp3) is 0.185. The van der Waals surface area contributed by atoms with Crippen molar-refractivity contribution in [2.45, 2.75) is 19.4 Å². The number of rotatable bonds is 7. The maximum atomic E-state index is 13.1. The Labute approximate surface area is 192 Å². The fourth-order valence-electron chi connectivity index (χ4n) is 4.08. The Balaban J connectivity index is 1.76. The summed E-state index contributed by atoms with van der Waals surface area (Å²) in [7, 11) is 0. The molecule has 1 unspecified atom stereocenters. The number of carbonyl (C=O) groups excluding carboxylic acids is 2. The molecule has 1 atom stereocenters. The molecule has 1 heterocycles. The van der Waals surface area contributed by atoms with Crippen molar-refractivity contribution in [2.24, 2.45) is 0 Å². The van der Waals surface area contributed by atoms with Gasteiger partial charge in [0.1, 0.15) is 17.3 Å². The number of phenolic OH excluding ortho intramolecular Hbond substituents is 1. The summed E-state index contributed by atoms with van der Waals surface area (Å²) >= 11 is 0. The second-order valence-electron chi connectivity index (χ2n) is 7.78. The van der Waals surface area contributed by atoms with Gasteiger partial charge in [0.25, 0.3) is 11.7 Å². The lowest BCUT2D eigenvalue weighted by Crippen LogP contribution is -2.31. The Bertz CT molecular complexity index is 1180.